The number of nitrogens with zero attached hydrogens (tertiary/aromatic N) is 4. The van der Waals surface area contributed by atoms with Crippen molar-refractivity contribution in [3.8, 4) is 11.3 Å². The molecule has 0 spiro atoms. The molecule has 1 fully saturated rings. The second-order valence-corrected chi connectivity index (χ2v) is 9.43. The quantitative estimate of drug-likeness (QED) is 0.635. The summed E-state index contributed by atoms with van der Waals surface area (Å²) in [7, 11) is -0.527. The maximum absolute atomic E-state index is 13.0. The lowest BCUT2D eigenvalue weighted by Gasteiger charge is -2.26. The van der Waals surface area contributed by atoms with Crippen LogP contribution in [0.5, 0.6) is 0 Å². The summed E-state index contributed by atoms with van der Waals surface area (Å²) < 4.78 is 34.3. The molecular weight excluding hydrogens is 406 g/mol. The molecule has 1 saturated heterocycles. The van der Waals surface area contributed by atoms with Gasteiger partial charge in [0.05, 0.1) is 11.7 Å². The number of carbonyl (C=O) groups is 1. The predicted molar refractivity (Wildman–Crippen MR) is 109 cm³/mol. The van der Waals surface area contributed by atoms with Gasteiger partial charge in [-0.3, -0.25) is 4.79 Å². The summed E-state index contributed by atoms with van der Waals surface area (Å²) in [5.41, 5.74) is 0.644. The van der Waals surface area contributed by atoms with Crippen LogP contribution in [-0.4, -0.2) is 53.5 Å². The Morgan fingerprint density at radius 1 is 1.30 bits per heavy atom. The summed E-state index contributed by atoms with van der Waals surface area (Å²) in [6.07, 6.45) is 3.52. The Balaban J connectivity index is 1.59. The van der Waals surface area contributed by atoms with Gasteiger partial charge < -0.3 is 14.4 Å². The summed E-state index contributed by atoms with van der Waals surface area (Å²) >= 11 is 0. The zero-order chi connectivity index (χ0) is 21.4. The Morgan fingerprint density at radius 2 is 2.07 bits per heavy atom. The Morgan fingerprint density at radius 3 is 2.73 bits per heavy atom. The number of nitrogens with one attached hydrogen (secondary N) is 1. The van der Waals surface area contributed by atoms with Gasteiger partial charge in [0.15, 0.2) is 5.03 Å². The normalized spacial score (nSPS) is 19.8. The van der Waals surface area contributed by atoms with Crippen molar-refractivity contribution in [3.05, 3.63) is 54.7 Å². The van der Waals surface area contributed by atoms with Gasteiger partial charge in [0, 0.05) is 51.4 Å². The van der Waals surface area contributed by atoms with Crippen LogP contribution in [0, 0.1) is 5.41 Å². The van der Waals surface area contributed by atoms with Gasteiger partial charge in [0.1, 0.15) is 11.5 Å². The van der Waals surface area contributed by atoms with Gasteiger partial charge in [-0.15, -0.1) is 0 Å². The van der Waals surface area contributed by atoms with E-state index in [4.69, 9.17) is 4.52 Å². The first kappa shape index (κ1) is 20.3. The molecule has 0 bridgehead atoms. The Hall–Kier alpha value is -2.98. The third-order valence-corrected chi connectivity index (χ3v) is 7.18. The minimum atomic E-state index is -3.79. The van der Waals surface area contributed by atoms with Crippen LogP contribution in [0.1, 0.15) is 12.2 Å². The van der Waals surface area contributed by atoms with E-state index < -0.39 is 15.4 Å². The van der Waals surface area contributed by atoms with Gasteiger partial charge in [0.25, 0.3) is 10.0 Å². The van der Waals surface area contributed by atoms with Crippen LogP contribution < -0.4 is 5.32 Å². The van der Waals surface area contributed by atoms with E-state index in [1.165, 1.54) is 16.8 Å². The third kappa shape index (κ3) is 3.63. The number of amides is 1. The average molecular weight is 430 g/mol. The van der Waals surface area contributed by atoms with E-state index in [9.17, 15) is 13.2 Å². The molecule has 1 aliphatic heterocycles. The minimum absolute atomic E-state index is 0.0243. The van der Waals surface area contributed by atoms with Crippen LogP contribution in [0.2, 0.25) is 0 Å². The van der Waals surface area contributed by atoms with E-state index in [-0.39, 0.29) is 30.4 Å². The molecule has 2 aromatic heterocycles. The standard InChI is InChI=1S/C20H23N5O4S/c1-21-19(26)20(11-16-10-17(23-29-16)15-6-4-3-5-7-15)8-9-25(13-20)30(27,28)18-12-24(2)14-22-18/h3-7,10,12,14H,8-9,11,13H2,1-2H3,(H,21,26)/t20-/m0/s1. The number of rotatable bonds is 6. The molecular formula is C20H23N5O4S. The average Bonchev–Trinajstić information content (AvgIpc) is 3.49. The zero-order valence-corrected chi connectivity index (χ0v) is 17.6. The molecule has 4 rings (SSSR count). The van der Waals surface area contributed by atoms with Crippen molar-refractivity contribution in [1.82, 2.24) is 24.3 Å². The van der Waals surface area contributed by atoms with E-state index in [1.807, 2.05) is 30.3 Å². The molecule has 1 aromatic carbocycles. The van der Waals surface area contributed by atoms with Crippen molar-refractivity contribution in [2.24, 2.45) is 12.5 Å². The van der Waals surface area contributed by atoms with Gasteiger partial charge in [0.2, 0.25) is 5.91 Å². The summed E-state index contributed by atoms with van der Waals surface area (Å²) in [6.45, 7) is 0.277. The van der Waals surface area contributed by atoms with Crippen molar-refractivity contribution >= 4 is 15.9 Å². The van der Waals surface area contributed by atoms with Crippen LogP contribution in [0.4, 0.5) is 0 Å². The molecule has 0 aliphatic carbocycles. The number of aryl methyl sites for hydroxylation is 1. The lowest BCUT2D eigenvalue weighted by Crippen LogP contribution is -2.44. The number of benzene rings is 1. The Kier molecular flexibility index (Phi) is 5.20. The number of hydrogen-bond donors (Lipinski definition) is 1. The smallest absolute Gasteiger partial charge is 0.262 e. The first-order valence-corrected chi connectivity index (χ1v) is 11.0. The Bertz CT molecular complexity index is 1150. The topological polar surface area (TPSA) is 110 Å². The molecule has 1 atom stereocenters. The van der Waals surface area contributed by atoms with Crippen molar-refractivity contribution in [2.45, 2.75) is 17.9 Å². The van der Waals surface area contributed by atoms with Crippen LogP contribution in [0.15, 0.2) is 58.5 Å². The fraction of sp³-hybridized carbons (Fsp3) is 0.350. The van der Waals surface area contributed by atoms with Gasteiger partial charge in [-0.2, -0.15) is 4.31 Å². The molecule has 0 radical (unpaired) electrons. The van der Waals surface area contributed by atoms with Crippen molar-refractivity contribution in [3.63, 3.8) is 0 Å². The number of aromatic nitrogens is 3. The lowest BCUT2D eigenvalue weighted by molar-refractivity contribution is -0.130. The zero-order valence-electron chi connectivity index (χ0n) is 16.8. The van der Waals surface area contributed by atoms with E-state index in [0.717, 1.165) is 5.56 Å². The molecule has 0 unspecified atom stereocenters. The SMILES string of the molecule is CNC(=O)[C@]1(Cc2cc(-c3ccccc3)no2)CCN(S(=O)(=O)c2cn(C)cn2)C1. The molecule has 1 N–H and O–H groups in total. The largest absolute Gasteiger partial charge is 0.361 e. The summed E-state index contributed by atoms with van der Waals surface area (Å²) in [5.74, 6) is 0.313. The minimum Gasteiger partial charge on any atom is -0.361 e. The molecule has 0 saturated carbocycles. The van der Waals surface area contributed by atoms with Crippen LogP contribution in [0.3, 0.4) is 0 Å². The van der Waals surface area contributed by atoms with Gasteiger partial charge >= 0.3 is 0 Å². The molecule has 3 aromatic rings. The first-order chi connectivity index (χ1) is 14.3. The van der Waals surface area contributed by atoms with Crippen molar-refractivity contribution in [2.75, 3.05) is 20.1 Å². The highest BCUT2D eigenvalue weighted by Crippen LogP contribution is 2.37. The van der Waals surface area contributed by atoms with Gasteiger partial charge in [-0.25, -0.2) is 13.4 Å². The van der Waals surface area contributed by atoms with Gasteiger partial charge in [-0.05, 0) is 6.42 Å². The number of sulfonamides is 1. The summed E-state index contributed by atoms with van der Waals surface area (Å²) in [5, 5.41) is 6.77. The van der Waals surface area contributed by atoms with Crippen LogP contribution in [-0.2, 0) is 28.3 Å². The maximum Gasteiger partial charge on any atom is 0.262 e. The number of imidazole rings is 1. The van der Waals surface area contributed by atoms with Gasteiger partial charge in [-0.1, -0.05) is 35.5 Å². The highest BCUT2D eigenvalue weighted by molar-refractivity contribution is 7.89. The highest BCUT2D eigenvalue weighted by atomic mass is 32.2. The molecule has 1 amide bonds. The lowest BCUT2D eigenvalue weighted by atomic mass is 9.81. The molecule has 10 heteroatoms. The monoisotopic (exact) mass is 429 g/mol. The predicted octanol–water partition coefficient (Wildman–Crippen LogP) is 1.44. The van der Waals surface area contributed by atoms with E-state index in [0.29, 0.717) is 17.9 Å². The molecule has 1 aliphatic rings. The van der Waals surface area contributed by atoms with Crippen LogP contribution >= 0.6 is 0 Å². The fourth-order valence-electron chi connectivity index (χ4n) is 3.84. The van der Waals surface area contributed by atoms with Crippen molar-refractivity contribution < 1.29 is 17.7 Å². The van der Waals surface area contributed by atoms with Crippen LogP contribution in [0.25, 0.3) is 11.3 Å². The summed E-state index contributed by atoms with van der Waals surface area (Å²) in [4.78, 5) is 16.8. The fourth-order valence-corrected chi connectivity index (χ4v) is 5.34. The highest BCUT2D eigenvalue weighted by Gasteiger charge is 2.49. The number of hydrogen-bond acceptors (Lipinski definition) is 6. The second kappa shape index (κ2) is 7.69. The summed E-state index contributed by atoms with van der Waals surface area (Å²) in [6, 6.07) is 11.4. The third-order valence-electron chi connectivity index (χ3n) is 5.45. The molecule has 9 nitrogen and oxygen atoms in total. The number of carbonyl (C=O) groups excluding carboxylic acids is 1. The first-order valence-electron chi connectivity index (χ1n) is 9.55. The molecule has 158 valence electrons. The van der Waals surface area contributed by atoms with E-state index in [1.54, 1.807) is 24.7 Å². The van der Waals surface area contributed by atoms with E-state index in [2.05, 4.69) is 15.5 Å². The molecule has 30 heavy (non-hydrogen) atoms. The Labute approximate surface area is 174 Å². The second-order valence-electron chi connectivity index (χ2n) is 7.55. The van der Waals surface area contributed by atoms with Crippen molar-refractivity contribution in [1.29, 1.82) is 0 Å². The molecule has 3 heterocycles. The maximum atomic E-state index is 13.0. The van der Waals surface area contributed by atoms with E-state index >= 15 is 0 Å².